The molecule has 1 atom stereocenters. The third-order valence-corrected chi connectivity index (χ3v) is 8.44. The first-order chi connectivity index (χ1) is 19.2. The molecular formula is C30H24N4O5S. The standard InChI is InChI=1S/C30H24N4O5S/c1-19-11-13-22(14-12-19)40(37,38)39-30(2)25-9-5-6-10-27(25)34(29(30)36)21-15-20(17-31-18-21)16-26-23-7-3-4-8-24(23)28(35)33-32-26/h3-15,17-18H,16H2,1-2H3,(H,33,35)/t30-/m0/s1. The highest BCUT2D eigenvalue weighted by atomic mass is 32.2. The average Bonchev–Trinajstić information content (AvgIpc) is 3.16. The number of nitrogens with zero attached hydrogens (tertiary/aromatic N) is 3. The Balaban J connectivity index is 1.38. The number of hydrogen-bond donors (Lipinski definition) is 1. The van der Waals surface area contributed by atoms with Crippen LogP contribution in [0.5, 0.6) is 0 Å². The van der Waals surface area contributed by atoms with Gasteiger partial charge in [-0.2, -0.15) is 13.5 Å². The summed E-state index contributed by atoms with van der Waals surface area (Å²) >= 11 is 0. The fraction of sp³-hybridized carbons (Fsp3) is 0.133. The summed E-state index contributed by atoms with van der Waals surface area (Å²) in [7, 11) is -4.27. The molecule has 40 heavy (non-hydrogen) atoms. The van der Waals surface area contributed by atoms with Gasteiger partial charge in [-0.15, -0.1) is 0 Å². The summed E-state index contributed by atoms with van der Waals surface area (Å²) in [5.41, 5.74) is 1.60. The quantitative estimate of drug-likeness (QED) is 0.308. The maximum Gasteiger partial charge on any atom is 0.298 e. The van der Waals surface area contributed by atoms with Crippen LogP contribution >= 0.6 is 0 Å². The van der Waals surface area contributed by atoms with E-state index < -0.39 is 21.6 Å². The molecule has 1 amide bonds. The number of H-pyrrole nitrogens is 1. The molecule has 1 aliphatic heterocycles. The Hall–Kier alpha value is -4.67. The van der Waals surface area contributed by atoms with Crippen LogP contribution in [0.15, 0.2) is 101 Å². The minimum atomic E-state index is -4.27. The number of fused-ring (bicyclic) bond motifs is 2. The first-order valence-corrected chi connectivity index (χ1v) is 13.9. The molecule has 0 saturated carbocycles. The molecule has 2 aromatic heterocycles. The van der Waals surface area contributed by atoms with E-state index in [2.05, 4.69) is 15.2 Å². The fourth-order valence-electron chi connectivity index (χ4n) is 5.01. The number of amides is 1. The van der Waals surface area contributed by atoms with E-state index >= 15 is 0 Å². The highest BCUT2D eigenvalue weighted by Crippen LogP contribution is 2.47. The highest BCUT2D eigenvalue weighted by molar-refractivity contribution is 7.86. The van der Waals surface area contributed by atoms with Gasteiger partial charge in [-0.3, -0.25) is 19.5 Å². The molecule has 0 radical (unpaired) electrons. The van der Waals surface area contributed by atoms with Crippen molar-refractivity contribution in [1.82, 2.24) is 15.2 Å². The van der Waals surface area contributed by atoms with Gasteiger partial charge in [0.1, 0.15) is 0 Å². The van der Waals surface area contributed by atoms with Crippen LogP contribution < -0.4 is 10.5 Å². The number of aryl methyl sites for hydroxylation is 1. The fourth-order valence-corrected chi connectivity index (χ4v) is 6.18. The molecule has 1 aliphatic rings. The summed E-state index contributed by atoms with van der Waals surface area (Å²) in [6.07, 6.45) is 3.54. The van der Waals surface area contributed by atoms with Crippen molar-refractivity contribution in [2.75, 3.05) is 4.90 Å². The molecule has 1 N–H and O–H groups in total. The second-order valence-electron chi connectivity index (χ2n) is 9.81. The highest BCUT2D eigenvalue weighted by Gasteiger charge is 2.52. The molecule has 3 heterocycles. The number of para-hydroxylation sites is 1. The lowest BCUT2D eigenvalue weighted by molar-refractivity contribution is -0.130. The van der Waals surface area contributed by atoms with Gasteiger partial charge < -0.3 is 0 Å². The van der Waals surface area contributed by atoms with Gasteiger partial charge in [0.2, 0.25) is 0 Å². The van der Waals surface area contributed by atoms with Crippen LogP contribution in [0.25, 0.3) is 10.8 Å². The second-order valence-corrected chi connectivity index (χ2v) is 11.4. The number of rotatable bonds is 6. The monoisotopic (exact) mass is 552 g/mol. The second kappa shape index (κ2) is 9.51. The lowest BCUT2D eigenvalue weighted by Crippen LogP contribution is -2.39. The maximum absolute atomic E-state index is 14.0. The van der Waals surface area contributed by atoms with E-state index in [0.717, 1.165) is 16.5 Å². The summed E-state index contributed by atoms with van der Waals surface area (Å²) in [5.74, 6) is -0.559. The van der Waals surface area contributed by atoms with E-state index in [4.69, 9.17) is 4.18 Å². The van der Waals surface area contributed by atoms with Gasteiger partial charge in [0.15, 0.2) is 5.60 Å². The summed E-state index contributed by atoms with van der Waals surface area (Å²) < 4.78 is 32.2. The summed E-state index contributed by atoms with van der Waals surface area (Å²) in [6, 6.07) is 22.2. The first kappa shape index (κ1) is 25.6. The summed E-state index contributed by atoms with van der Waals surface area (Å²) in [4.78, 5) is 31.9. The number of aromatic amines is 1. The number of carbonyl (C=O) groups excluding carboxylic acids is 1. The molecular weight excluding hydrogens is 528 g/mol. The molecule has 0 fully saturated rings. The Morgan fingerprint density at radius 1 is 0.925 bits per heavy atom. The van der Waals surface area contributed by atoms with Crippen LogP contribution in [0.2, 0.25) is 0 Å². The van der Waals surface area contributed by atoms with Crippen LogP contribution in [0.3, 0.4) is 0 Å². The third kappa shape index (κ3) is 4.27. The van der Waals surface area contributed by atoms with Crippen molar-refractivity contribution < 1.29 is 17.4 Å². The number of benzene rings is 3. The summed E-state index contributed by atoms with van der Waals surface area (Å²) in [6.45, 7) is 3.32. The minimum absolute atomic E-state index is 0.0349. The van der Waals surface area contributed by atoms with Crippen molar-refractivity contribution in [2.45, 2.75) is 30.8 Å². The van der Waals surface area contributed by atoms with Crippen molar-refractivity contribution in [2.24, 2.45) is 0 Å². The Bertz CT molecular complexity index is 1950. The number of nitrogens with one attached hydrogen (secondary N) is 1. The molecule has 0 unspecified atom stereocenters. The van der Waals surface area contributed by atoms with Gasteiger partial charge in [0.25, 0.3) is 21.6 Å². The zero-order chi connectivity index (χ0) is 28.1. The van der Waals surface area contributed by atoms with E-state index in [1.165, 1.54) is 30.2 Å². The zero-order valence-corrected chi connectivity index (χ0v) is 22.5. The Kier molecular flexibility index (Phi) is 6.09. The van der Waals surface area contributed by atoms with Gasteiger partial charge in [0.05, 0.1) is 33.5 Å². The van der Waals surface area contributed by atoms with E-state index in [-0.39, 0.29) is 10.5 Å². The molecule has 0 saturated heterocycles. The lowest BCUT2D eigenvalue weighted by Gasteiger charge is -2.24. The molecule has 9 nitrogen and oxygen atoms in total. The zero-order valence-electron chi connectivity index (χ0n) is 21.7. The van der Waals surface area contributed by atoms with Crippen LogP contribution in [-0.4, -0.2) is 29.5 Å². The Morgan fingerprint density at radius 2 is 1.62 bits per heavy atom. The van der Waals surface area contributed by atoms with E-state index in [9.17, 15) is 18.0 Å². The predicted octanol–water partition coefficient (Wildman–Crippen LogP) is 4.52. The summed E-state index contributed by atoms with van der Waals surface area (Å²) in [5, 5.41) is 8.04. The molecule has 10 heteroatoms. The Labute approximate surface area is 230 Å². The van der Waals surface area contributed by atoms with Crippen LogP contribution in [0.4, 0.5) is 11.4 Å². The van der Waals surface area contributed by atoms with Crippen LogP contribution in [0, 0.1) is 6.92 Å². The minimum Gasteiger partial charge on any atom is -0.276 e. The topological polar surface area (TPSA) is 122 Å². The normalized spacial score (nSPS) is 16.9. The van der Waals surface area contributed by atoms with Gasteiger partial charge in [-0.1, -0.05) is 54.1 Å². The van der Waals surface area contributed by atoms with Gasteiger partial charge in [-0.25, -0.2) is 9.28 Å². The molecule has 0 aliphatic carbocycles. The number of aromatic nitrogens is 3. The van der Waals surface area contributed by atoms with Crippen molar-refractivity contribution in [1.29, 1.82) is 0 Å². The molecule has 0 spiro atoms. The average molecular weight is 553 g/mol. The molecule has 3 aromatic carbocycles. The van der Waals surface area contributed by atoms with Crippen molar-refractivity contribution in [3.8, 4) is 0 Å². The van der Waals surface area contributed by atoms with E-state index in [0.29, 0.717) is 34.4 Å². The molecule has 6 rings (SSSR count). The maximum atomic E-state index is 14.0. The van der Waals surface area contributed by atoms with Crippen molar-refractivity contribution in [3.05, 3.63) is 124 Å². The molecule has 200 valence electrons. The van der Waals surface area contributed by atoms with E-state index in [1.54, 1.807) is 60.8 Å². The number of anilines is 2. The number of hydrogen-bond acceptors (Lipinski definition) is 7. The Morgan fingerprint density at radius 3 is 2.40 bits per heavy atom. The SMILES string of the molecule is Cc1ccc(S(=O)(=O)O[C@]2(C)C(=O)N(c3cncc(Cc4n[nH]c(=O)c5ccccc45)c3)c3ccccc32)cc1. The largest absolute Gasteiger partial charge is 0.298 e. The predicted molar refractivity (Wildman–Crippen MR) is 150 cm³/mol. The smallest absolute Gasteiger partial charge is 0.276 e. The lowest BCUT2D eigenvalue weighted by atomic mass is 9.98. The van der Waals surface area contributed by atoms with Gasteiger partial charge in [0, 0.05) is 23.6 Å². The molecule has 0 bridgehead atoms. The molecule has 5 aromatic rings. The van der Waals surface area contributed by atoms with Gasteiger partial charge in [-0.05, 0) is 49.7 Å². The van der Waals surface area contributed by atoms with Crippen LogP contribution in [0.1, 0.15) is 29.3 Å². The van der Waals surface area contributed by atoms with E-state index in [1.807, 2.05) is 19.1 Å². The van der Waals surface area contributed by atoms with Crippen molar-refractivity contribution >= 4 is 38.2 Å². The first-order valence-electron chi connectivity index (χ1n) is 12.5. The number of pyridine rings is 1. The van der Waals surface area contributed by atoms with Crippen LogP contribution in [-0.2, 0) is 31.1 Å². The third-order valence-electron chi connectivity index (χ3n) is 7.04. The van der Waals surface area contributed by atoms with Gasteiger partial charge >= 0.3 is 0 Å². The number of carbonyl (C=O) groups is 1. The van der Waals surface area contributed by atoms with Crippen molar-refractivity contribution in [3.63, 3.8) is 0 Å².